The van der Waals surface area contributed by atoms with Crippen molar-refractivity contribution in [2.24, 2.45) is 5.84 Å². The molecule has 4 nitrogen and oxygen atoms in total. The van der Waals surface area contributed by atoms with E-state index >= 15 is 0 Å². The highest BCUT2D eigenvalue weighted by atomic mass is 32.1. The second-order valence-electron chi connectivity index (χ2n) is 3.55. The number of hydrogen-bond donors (Lipinski definition) is 2. The molecule has 0 radical (unpaired) electrons. The number of nitrogens with two attached hydrogens (primary N) is 1. The van der Waals surface area contributed by atoms with E-state index in [4.69, 9.17) is 5.84 Å². The van der Waals surface area contributed by atoms with Crippen molar-refractivity contribution in [3.63, 3.8) is 0 Å². The highest BCUT2D eigenvalue weighted by Gasteiger charge is 2.10. The molecule has 84 valence electrons. The smallest absolute Gasteiger partial charge is 0.0940 e. The van der Waals surface area contributed by atoms with Gasteiger partial charge in [-0.1, -0.05) is 0 Å². The van der Waals surface area contributed by atoms with Crippen LogP contribution in [-0.2, 0) is 12.8 Å². The zero-order valence-electron chi connectivity index (χ0n) is 8.84. The van der Waals surface area contributed by atoms with Gasteiger partial charge in [-0.05, 0) is 24.1 Å². The summed E-state index contributed by atoms with van der Waals surface area (Å²) in [4.78, 5) is 8.25. The quantitative estimate of drug-likeness (QED) is 0.602. The SMILES string of the molecule is NNC(Cc1ccncc1)Cc1nccs1. The Hall–Kier alpha value is -1.30. The summed E-state index contributed by atoms with van der Waals surface area (Å²) in [5.41, 5.74) is 4.07. The standard InChI is InChI=1S/C11H14N4S/c12-15-10(8-11-14-5-6-16-11)7-9-1-3-13-4-2-9/h1-6,10,15H,7-8,12H2. The molecule has 0 spiro atoms. The maximum absolute atomic E-state index is 5.55. The number of nitrogens with zero attached hydrogens (tertiary/aromatic N) is 2. The Labute approximate surface area is 98.5 Å². The summed E-state index contributed by atoms with van der Waals surface area (Å²) in [6.45, 7) is 0. The maximum Gasteiger partial charge on any atom is 0.0940 e. The second kappa shape index (κ2) is 5.69. The number of nitrogens with one attached hydrogen (secondary N) is 1. The third-order valence-electron chi connectivity index (χ3n) is 2.37. The largest absolute Gasteiger partial charge is 0.271 e. The second-order valence-corrected chi connectivity index (χ2v) is 4.53. The van der Waals surface area contributed by atoms with Crippen LogP contribution in [-0.4, -0.2) is 16.0 Å². The first-order chi connectivity index (χ1) is 7.88. The van der Waals surface area contributed by atoms with Crippen LogP contribution in [0.15, 0.2) is 36.1 Å². The molecule has 5 heteroatoms. The van der Waals surface area contributed by atoms with Gasteiger partial charge in [-0.15, -0.1) is 11.3 Å². The number of hydrogen-bond acceptors (Lipinski definition) is 5. The van der Waals surface area contributed by atoms with Gasteiger partial charge in [0, 0.05) is 36.4 Å². The minimum Gasteiger partial charge on any atom is -0.271 e. The molecule has 0 aliphatic rings. The van der Waals surface area contributed by atoms with Crippen molar-refractivity contribution < 1.29 is 0 Å². The van der Waals surface area contributed by atoms with Crippen LogP contribution in [0.25, 0.3) is 0 Å². The molecule has 0 saturated carbocycles. The maximum atomic E-state index is 5.55. The van der Waals surface area contributed by atoms with E-state index in [1.807, 2.05) is 23.7 Å². The Kier molecular flexibility index (Phi) is 3.98. The van der Waals surface area contributed by atoms with Crippen molar-refractivity contribution in [1.82, 2.24) is 15.4 Å². The lowest BCUT2D eigenvalue weighted by molar-refractivity contribution is 0.521. The van der Waals surface area contributed by atoms with Crippen molar-refractivity contribution in [3.05, 3.63) is 46.7 Å². The van der Waals surface area contributed by atoms with Gasteiger partial charge in [0.2, 0.25) is 0 Å². The van der Waals surface area contributed by atoms with Gasteiger partial charge in [0.25, 0.3) is 0 Å². The number of rotatable bonds is 5. The van der Waals surface area contributed by atoms with Gasteiger partial charge in [0.05, 0.1) is 5.01 Å². The molecule has 1 unspecified atom stereocenters. The molecule has 0 fully saturated rings. The summed E-state index contributed by atoms with van der Waals surface area (Å²) in [5, 5.41) is 3.09. The van der Waals surface area contributed by atoms with Gasteiger partial charge in [0.1, 0.15) is 0 Å². The Morgan fingerprint density at radius 1 is 1.25 bits per heavy atom. The van der Waals surface area contributed by atoms with Crippen molar-refractivity contribution in [2.45, 2.75) is 18.9 Å². The minimum absolute atomic E-state index is 0.216. The van der Waals surface area contributed by atoms with E-state index in [2.05, 4.69) is 15.4 Å². The average Bonchev–Trinajstić information content (AvgIpc) is 2.82. The predicted molar refractivity (Wildman–Crippen MR) is 64.9 cm³/mol. The average molecular weight is 234 g/mol. The van der Waals surface area contributed by atoms with Crippen LogP contribution in [0.5, 0.6) is 0 Å². The van der Waals surface area contributed by atoms with E-state index in [-0.39, 0.29) is 6.04 Å². The Morgan fingerprint density at radius 3 is 2.69 bits per heavy atom. The number of pyridine rings is 1. The van der Waals surface area contributed by atoms with Crippen LogP contribution in [0.4, 0.5) is 0 Å². The first-order valence-electron chi connectivity index (χ1n) is 5.12. The molecule has 1 atom stereocenters. The first kappa shape index (κ1) is 11.2. The third kappa shape index (κ3) is 3.10. The van der Waals surface area contributed by atoms with E-state index < -0.39 is 0 Å². The summed E-state index contributed by atoms with van der Waals surface area (Å²) < 4.78 is 0. The van der Waals surface area contributed by atoms with Gasteiger partial charge in [-0.2, -0.15) is 0 Å². The molecule has 2 aromatic rings. The molecule has 0 aliphatic heterocycles. The van der Waals surface area contributed by atoms with Crippen LogP contribution >= 0.6 is 11.3 Å². The van der Waals surface area contributed by atoms with E-state index in [0.29, 0.717) is 0 Å². The third-order valence-corrected chi connectivity index (χ3v) is 3.17. The molecule has 2 heterocycles. The van der Waals surface area contributed by atoms with Crippen LogP contribution in [0.3, 0.4) is 0 Å². The van der Waals surface area contributed by atoms with E-state index in [1.54, 1.807) is 23.7 Å². The summed E-state index contributed by atoms with van der Waals surface area (Å²) in [6, 6.07) is 4.23. The highest BCUT2D eigenvalue weighted by Crippen LogP contribution is 2.10. The fourth-order valence-corrected chi connectivity index (χ4v) is 2.26. The fourth-order valence-electron chi connectivity index (χ4n) is 1.56. The van der Waals surface area contributed by atoms with Crippen LogP contribution in [0, 0.1) is 0 Å². The zero-order valence-corrected chi connectivity index (χ0v) is 9.65. The summed E-state index contributed by atoms with van der Waals surface area (Å²) in [5.74, 6) is 5.55. The predicted octanol–water partition coefficient (Wildman–Crippen LogP) is 1.16. The summed E-state index contributed by atoms with van der Waals surface area (Å²) >= 11 is 1.66. The Balaban J connectivity index is 1.96. The Morgan fingerprint density at radius 2 is 2.06 bits per heavy atom. The number of aromatic nitrogens is 2. The fraction of sp³-hybridized carbons (Fsp3) is 0.273. The topological polar surface area (TPSA) is 63.8 Å². The number of hydrazine groups is 1. The Bertz CT molecular complexity index is 401. The molecule has 16 heavy (non-hydrogen) atoms. The van der Waals surface area contributed by atoms with Crippen molar-refractivity contribution >= 4 is 11.3 Å². The normalized spacial score (nSPS) is 12.6. The van der Waals surface area contributed by atoms with Crippen LogP contribution < -0.4 is 11.3 Å². The molecule has 3 N–H and O–H groups in total. The highest BCUT2D eigenvalue weighted by molar-refractivity contribution is 7.09. The van der Waals surface area contributed by atoms with Crippen molar-refractivity contribution in [2.75, 3.05) is 0 Å². The lowest BCUT2D eigenvalue weighted by atomic mass is 10.1. The van der Waals surface area contributed by atoms with Crippen LogP contribution in [0.1, 0.15) is 10.6 Å². The van der Waals surface area contributed by atoms with Gasteiger partial charge < -0.3 is 0 Å². The lowest BCUT2D eigenvalue weighted by Gasteiger charge is -2.14. The monoisotopic (exact) mass is 234 g/mol. The zero-order chi connectivity index (χ0) is 11.2. The van der Waals surface area contributed by atoms with Crippen molar-refractivity contribution in [1.29, 1.82) is 0 Å². The van der Waals surface area contributed by atoms with Gasteiger partial charge in [-0.3, -0.25) is 16.3 Å². The summed E-state index contributed by atoms with van der Waals surface area (Å²) in [7, 11) is 0. The minimum atomic E-state index is 0.216. The van der Waals surface area contributed by atoms with E-state index in [1.165, 1.54) is 5.56 Å². The van der Waals surface area contributed by atoms with Gasteiger partial charge >= 0.3 is 0 Å². The molecule has 2 aromatic heterocycles. The van der Waals surface area contributed by atoms with Gasteiger partial charge in [0.15, 0.2) is 0 Å². The molecular weight excluding hydrogens is 220 g/mol. The summed E-state index contributed by atoms with van der Waals surface area (Å²) in [6.07, 6.45) is 7.16. The molecule has 0 bridgehead atoms. The lowest BCUT2D eigenvalue weighted by Crippen LogP contribution is -2.38. The molecule has 0 saturated heterocycles. The molecule has 0 amide bonds. The van der Waals surface area contributed by atoms with E-state index in [9.17, 15) is 0 Å². The van der Waals surface area contributed by atoms with Crippen molar-refractivity contribution in [3.8, 4) is 0 Å². The first-order valence-corrected chi connectivity index (χ1v) is 6.00. The molecule has 2 rings (SSSR count). The van der Waals surface area contributed by atoms with Gasteiger partial charge in [-0.25, -0.2) is 4.98 Å². The molecule has 0 aromatic carbocycles. The van der Waals surface area contributed by atoms with E-state index in [0.717, 1.165) is 17.8 Å². The molecular formula is C11H14N4S. The van der Waals surface area contributed by atoms with Crippen LogP contribution in [0.2, 0.25) is 0 Å². The number of thiazole rings is 1. The molecule has 0 aliphatic carbocycles.